The van der Waals surface area contributed by atoms with Crippen LogP contribution < -0.4 is 15.6 Å². The van der Waals surface area contributed by atoms with Gasteiger partial charge in [0.15, 0.2) is 21.1 Å². The lowest BCUT2D eigenvalue weighted by Crippen LogP contribution is -2.51. The van der Waals surface area contributed by atoms with Gasteiger partial charge in [-0.15, -0.1) is 0 Å². The van der Waals surface area contributed by atoms with Gasteiger partial charge in [-0.25, -0.2) is 0 Å². The molecule has 0 bridgehead atoms. The van der Waals surface area contributed by atoms with Crippen LogP contribution in [0, 0.1) is 0 Å². The maximum Gasteiger partial charge on any atom is 0.213 e. The summed E-state index contributed by atoms with van der Waals surface area (Å²) in [5.74, 6) is 0. The smallest absolute Gasteiger partial charge is 0.191 e. The first-order chi connectivity index (χ1) is 16.8. The van der Waals surface area contributed by atoms with Crippen molar-refractivity contribution < 1.29 is 4.58 Å². The SMILES string of the molecule is CC1=C2C(=[N+](Cc3ccc([Si](c4ccccc4)c4ccccc4)cc3)c3ccccc32)CCC1. The minimum absolute atomic E-state index is 0.933. The summed E-state index contributed by atoms with van der Waals surface area (Å²) in [6.07, 6.45) is 3.65. The molecule has 0 spiro atoms. The Morgan fingerprint density at radius 3 is 1.91 bits per heavy atom. The maximum atomic E-state index is 2.57. The molecular formula is C32H29NSi+. The van der Waals surface area contributed by atoms with Gasteiger partial charge in [0.25, 0.3) is 0 Å². The van der Waals surface area contributed by atoms with Gasteiger partial charge in [-0.1, -0.05) is 118 Å². The van der Waals surface area contributed by atoms with Crippen LogP contribution in [0.15, 0.2) is 115 Å². The molecule has 4 aromatic carbocycles. The minimum atomic E-state index is -1.02. The first-order valence-corrected chi connectivity index (χ1v) is 13.8. The second-order valence-electron chi connectivity index (χ2n) is 9.36. The average Bonchev–Trinajstić information content (AvgIpc) is 3.21. The molecule has 0 fully saturated rings. The molecule has 0 saturated heterocycles. The number of rotatable bonds is 5. The van der Waals surface area contributed by atoms with Crippen molar-refractivity contribution in [3.05, 3.63) is 126 Å². The van der Waals surface area contributed by atoms with Gasteiger partial charge >= 0.3 is 0 Å². The standard InChI is InChI=1S/C32H29NSi/c1-24-11-10-18-31-32(24)29-16-8-9-17-30(29)33(31)23-25-19-21-28(22-20-25)34(26-12-4-2-5-13-26)27-14-6-3-7-15-27/h2-9,12-17,19-22H,10-11,18,23H2,1H3/q+1. The van der Waals surface area contributed by atoms with Crippen LogP contribution in [-0.2, 0) is 6.54 Å². The molecule has 1 nitrogen and oxygen atoms in total. The number of fused-ring (bicyclic) bond motifs is 3. The summed E-state index contributed by atoms with van der Waals surface area (Å²) in [5, 5.41) is 4.31. The monoisotopic (exact) mass is 455 g/mol. The number of benzene rings is 4. The van der Waals surface area contributed by atoms with Crippen LogP contribution in [0.3, 0.4) is 0 Å². The van der Waals surface area contributed by atoms with E-state index in [0.29, 0.717) is 0 Å². The second kappa shape index (κ2) is 9.04. The predicted octanol–water partition coefficient (Wildman–Crippen LogP) is 5.46. The van der Waals surface area contributed by atoms with E-state index in [4.69, 9.17) is 0 Å². The Bertz CT molecular complexity index is 1340. The third-order valence-electron chi connectivity index (χ3n) is 7.18. The van der Waals surface area contributed by atoms with E-state index in [9.17, 15) is 0 Å². The second-order valence-corrected chi connectivity index (χ2v) is 11.8. The Morgan fingerprint density at radius 1 is 0.647 bits per heavy atom. The first kappa shape index (κ1) is 21.1. The van der Waals surface area contributed by atoms with E-state index in [2.05, 4.69) is 121 Å². The zero-order valence-electron chi connectivity index (χ0n) is 19.7. The Kier molecular flexibility index (Phi) is 5.60. The topological polar surface area (TPSA) is 3.01 Å². The molecule has 165 valence electrons. The lowest BCUT2D eigenvalue weighted by Gasteiger charge is -2.17. The van der Waals surface area contributed by atoms with Crippen molar-refractivity contribution in [2.24, 2.45) is 0 Å². The van der Waals surface area contributed by atoms with Crippen molar-refractivity contribution in [1.29, 1.82) is 0 Å². The number of para-hydroxylation sites is 1. The van der Waals surface area contributed by atoms with Crippen molar-refractivity contribution in [2.45, 2.75) is 32.7 Å². The molecule has 34 heavy (non-hydrogen) atoms. The quantitative estimate of drug-likeness (QED) is 0.214. The molecule has 0 unspecified atom stereocenters. The lowest BCUT2D eigenvalue weighted by atomic mass is 9.88. The van der Waals surface area contributed by atoms with E-state index in [0.717, 1.165) is 6.54 Å². The van der Waals surface area contributed by atoms with Gasteiger partial charge in [0, 0.05) is 18.1 Å². The van der Waals surface area contributed by atoms with Crippen LogP contribution in [0.25, 0.3) is 5.57 Å². The van der Waals surface area contributed by atoms with E-state index in [-0.39, 0.29) is 0 Å². The Balaban J connectivity index is 1.36. The van der Waals surface area contributed by atoms with Gasteiger partial charge < -0.3 is 0 Å². The highest BCUT2D eigenvalue weighted by molar-refractivity contribution is 6.95. The van der Waals surface area contributed by atoms with E-state index < -0.39 is 8.80 Å². The molecule has 6 rings (SSSR count). The summed E-state index contributed by atoms with van der Waals surface area (Å²) >= 11 is 0. The zero-order valence-corrected chi connectivity index (χ0v) is 20.7. The number of hydrogen-bond donors (Lipinski definition) is 0. The zero-order chi connectivity index (χ0) is 22.9. The molecule has 2 aliphatic rings. The number of hydrogen-bond acceptors (Lipinski definition) is 0. The van der Waals surface area contributed by atoms with Crippen LogP contribution in [0.5, 0.6) is 0 Å². The largest absolute Gasteiger partial charge is 0.213 e. The third kappa shape index (κ3) is 3.78. The molecule has 0 saturated carbocycles. The molecule has 0 atom stereocenters. The normalized spacial score (nSPS) is 15.0. The van der Waals surface area contributed by atoms with Gasteiger partial charge in [-0.05, 0) is 25.8 Å². The van der Waals surface area contributed by atoms with Gasteiger partial charge in [0.1, 0.15) is 0 Å². The van der Waals surface area contributed by atoms with Gasteiger partial charge in [0.05, 0.1) is 11.1 Å². The molecule has 4 aromatic rings. The molecule has 1 radical (unpaired) electrons. The molecular weight excluding hydrogens is 426 g/mol. The van der Waals surface area contributed by atoms with Crippen LogP contribution in [0.1, 0.15) is 37.3 Å². The molecule has 1 heterocycles. The minimum Gasteiger partial charge on any atom is -0.191 e. The van der Waals surface area contributed by atoms with Crippen molar-refractivity contribution in [1.82, 2.24) is 0 Å². The van der Waals surface area contributed by atoms with Crippen molar-refractivity contribution in [2.75, 3.05) is 0 Å². The van der Waals surface area contributed by atoms with E-state index in [1.54, 1.807) is 5.57 Å². The first-order valence-electron chi connectivity index (χ1n) is 12.3. The fourth-order valence-corrected chi connectivity index (χ4v) is 8.14. The average molecular weight is 456 g/mol. The van der Waals surface area contributed by atoms with Crippen molar-refractivity contribution in [3.63, 3.8) is 0 Å². The number of allylic oxidation sites excluding steroid dienone is 2. The fraction of sp³-hybridized carbons (Fsp3) is 0.156. The summed E-state index contributed by atoms with van der Waals surface area (Å²) in [4.78, 5) is 0. The van der Waals surface area contributed by atoms with Gasteiger partial charge in [-0.2, -0.15) is 4.58 Å². The number of nitrogens with zero attached hydrogens (tertiary/aromatic N) is 1. The molecule has 2 heteroatoms. The van der Waals surface area contributed by atoms with Crippen LogP contribution >= 0.6 is 0 Å². The highest BCUT2D eigenvalue weighted by Crippen LogP contribution is 2.41. The van der Waals surface area contributed by atoms with Crippen molar-refractivity contribution in [3.8, 4) is 0 Å². The fourth-order valence-electron chi connectivity index (χ4n) is 5.59. The van der Waals surface area contributed by atoms with Crippen molar-refractivity contribution >= 4 is 41.3 Å². The van der Waals surface area contributed by atoms with Gasteiger partial charge in [-0.3, -0.25) is 0 Å². The van der Waals surface area contributed by atoms with E-state index in [1.807, 2.05) is 0 Å². The molecule has 0 aromatic heterocycles. The van der Waals surface area contributed by atoms with Crippen LogP contribution in [0.4, 0.5) is 5.69 Å². The van der Waals surface area contributed by atoms with E-state index in [1.165, 1.54) is 62.9 Å². The summed E-state index contributed by atoms with van der Waals surface area (Å²) in [7, 11) is -1.02. The Morgan fingerprint density at radius 2 is 1.24 bits per heavy atom. The van der Waals surface area contributed by atoms with Crippen LogP contribution in [-0.4, -0.2) is 19.1 Å². The third-order valence-corrected chi connectivity index (χ3v) is 9.91. The lowest BCUT2D eigenvalue weighted by molar-refractivity contribution is -0.455. The molecule has 1 aliphatic heterocycles. The highest BCUT2D eigenvalue weighted by Gasteiger charge is 2.36. The summed E-state index contributed by atoms with van der Waals surface area (Å²) in [6, 6.07) is 40.4. The molecule has 1 aliphatic carbocycles. The Labute approximate surface area is 204 Å². The van der Waals surface area contributed by atoms with Crippen LogP contribution in [0.2, 0.25) is 0 Å². The van der Waals surface area contributed by atoms with E-state index >= 15 is 0 Å². The maximum absolute atomic E-state index is 2.57. The summed E-state index contributed by atoms with van der Waals surface area (Å²) in [6.45, 7) is 3.25. The van der Waals surface area contributed by atoms with Gasteiger partial charge in [0.2, 0.25) is 5.69 Å². The Hall–Kier alpha value is -3.49. The highest BCUT2D eigenvalue weighted by atomic mass is 28.3. The predicted molar refractivity (Wildman–Crippen MR) is 146 cm³/mol. The molecule has 0 amide bonds. The summed E-state index contributed by atoms with van der Waals surface area (Å²) < 4.78 is 2.57. The molecule has 0 N–H and O–H groups in total. The summed E-state index contributed by atoms with van der Waals surface area (Å²) in [5.41, 5.74) is 8.74.